The summed E-state index contributed by atoms with van der Waals surface area (Å²) in [6.45, 7) is 2.06. The first-order valence-corrected chi connectivity index (χ1v) is 5.03. The minimum atomic E-state index is -0.424. The van der Waals surface area contributed by atoms with Crippen molar-refractivity contribution in [3.05, 3.63) is 35.8 Å². The minimum absolute atomic E-state index is 0.0297. The molecule has 2 aromatic rings. The number of halogens is 1. The van der Waals surface area contributed by atoms with Gasteiger partial charge in [-0.3, -0.25) is 4.79 Å². The number of para-hydroxylation sites is 1. The van der Waals surface area contributed by atoms with E-state index in [1.54, 1.807) is 25.1 Å². The zero-order valence-electron chi connectivity index (χ0n) is 8.83. The lowest BCUT2D eigenvalue weighted by Crippen LogP contribution is -2.06. The van der Waals surface area contributed by atoms with E-state index in [1.807, 2.05) is 0 Å². The molecule has 0 bridgehead atoms. The lowest BCUT2D eigenvalue weighted by atomic mass is 10.2. The van der Waals surface area contributed by atoms with Crippen LogP contribution < -0.4 is 0 Å². The number of esters is 1. The first-order chi connectivity index (χ1) is 7.70. The van der Waals surface area contributed by atoms with Crippen molar-refractivity contribution in [3.8, 4) is 0 Å². The van der Waals surface area contributed by atoms with Gasteiger partial charge >= 0.3 is 5.97 Å². The van der Waals surface area contributed by atoms with Crippen molar-refractivity contribution in [2.24, 2.45) is 0 Å². The van der Waals surface area contributed by atoms with Crippen molar-refractivity contribution in [1.82, 2.24) is 0 Å². The van der Waals surface area contributed by atoms with Crippen LogP contribution >= 0.6 is 0 Å². The van der Waals surface area contributed by atoms with Gasteiger partial charge in [-0.1, -0.05) is 12.1 Å². The maximum Gasteiger partial charge on any atom is 0.313 e. The Kier molecular flexibility index (Phi) is 2.90. The molecule has 0 aliphatic carbocycles. The number of furan rings is 1. The maximum absolute atomic E-state index is 13.3. The molecule has 0 atom stereocenters. The fourth-order valence-electron chi connectivity index (χ4n) is 1.52. The quantitative estimate of drug-likeness (QED) is 0.749. The van der Waals surface area contributed by atoms with E-state index in [4.69, 9.17) is 9.15 Å². The highest BCUT2D eigenvalue weighted by atomic mass is 19.1. The van der Waals surface area contributed by atoms with Gasteiger partial charge in [-0.25, -0.2) is 4.39 Å². The number of fused-ring (bicyclic) bond motifs is 1. The standard InChI is InChI=1S/C12H11FO3/c1-2-15-11(14)7-9-6-8-4-3-5-10(13)12(8)16-9/h3-6H,2,7H2,1H3. The molecule has 1 heterocycles. The third-order valence-electron chi connectivity index (χ3n) is 2.17. The van der Waals surface area contributed by atoms with E-state index in [9.17, 15) is 9.18 Å². The average molecular weight is 222 g/mol. The number of ether oxygens (including phenoxy) is 1. The highest BCUT2D eigenvalue weighted by Crippen LogP contribution is 2.22. The topological polar surface area (TPSA) is 39.4 Å². The maximum atomic E-state index is 13.3. The predicted octanol–water partition coefficient (Wildman–Crippen LogP) is 2.68. The molecule has 84 valence electrons. The molecular weight excluding hydrogens is 211 g/mol. The second kappa shape index (κ2) is 4.35. The Bertz CT molecular complexity index is 516. The van der Waals surface area contributed by atoms with Crippen LogP contribution in [0.3, 0.4) is 0 Å². The number of rotatable bonds is 3. The van der Waals surface area contributed by atoms with E-state index in [0.29, 0.717) is 17.8 Å². The number of carbonyl (C=O) groups excluding carboxylic acids is 1. The number of benzene rings is 1. The molecule has 0 unspecified atom stereocenters. The van der Waals surface area contributed by atoms with Gasteiger partial charge in [0, 0.05) is 5.39 Å². The molecule has 0 aliphatic rings. The summed E-state index contributed by atoms with van der Waals surface area (Å²) in [5, 5.41) is 0.652. The SMILES string of the molecule is CCOC(=O)Cc1cc2cccc(F)c2o1. The lowest BCUT2D eigenvalue weighted by molar-refractivity contribution is -0.142. The predicted molar refractivity (Wildman–Crippen MR) is 56.5 cm³/mol. The Morgan fingerprint density at radius 3 is 3.00 bits per heavy atom. The summed E-state index contributed by atoms with van der Waals surface area (Å²) in [5.74, 6) is -0.381. The van der Waals surface area contributed by atoms with Crippen LogP contribution in [0.1, 0.15) is 12.7 Å². The number of hydrogen-bond donors (Lipinski definition) is 0. The molecule has 16 heavy (non-hydrogen) atoms. The summed E-state index contributed by atoms with van der Waals surface area (Å²) in [7, 11) is 0. The van der Waals surface area contributed by atoms with Gasteiger partial charge in [-0.15, -0.1) is 0 Å². The van der Waals surface area contributed by atoms with Crippen molar-refractivity contribution >= 4 is 16.9 Å². The van der Waals surface area contributed by atoms with Crippen LogP contribution in [0, 0.1) is 5.82 Å². The summed E-state index contributed by atoms with van der Waals surface area (Å²) >= 11 is 0. The first-order valence-electron chi connectivity index (χ1n) is 5.03. The molecule has 0 saturated heterocycles. The van der Waals surface area contributed by atoms with Gasteiger partial charge in [0.25, 0.3) is 0 Å². The molecular formula is C12H11FO3. The minimum Gasteiger partial charge on any atom is -0.466 e. The Morgan fingerprint density at radius 2 is 2.31 bits per heavy atom. The van der Waals surface area contributed by atoms with Crippen LogP contribution in [-0.4, -0.2) is 12.6 Å². The fraction of sp³-hybridized carbons (Fsp3) is 0.250. The average Bonchev–Trinajstić information content (AvgIpc) is 2.62. The highest BCUT2D eigenvalue weighted by Gasteiger charge is 2.11. The van der Waals surface area contributed by atoms with Gasteiger partial charge in [-0.05, 0) is 19.1 Å². The molecule has 4 heteroatoms. The van der Waals surface area contributed by atoms with Gasteiger partial charge in [0.15, 0.2) is 11.4 Å². The van der Waals surface area contributed by atoms with Gasteiger partial charge in [0.1, 0.15) is 12.2 Å². The van der Waals surface area contributed by atoms with Crippen molar-refractivity contribution in [3.63, 3.8) is 0 Å². The van der Waals surface area contributed by atoms with Crippen LogP contribution in [0.2, 0.25) is 0 Å². The summed E-state index contributed by atoms with van der Waals surface area (Å²) in [6.07, 6.45) is 0.0297. The molecule has 0 N–H and O–H groups in total. The molecule has 1 aromatic carbocycles. The van der Waals surface area contributed by atoms with E-state index in [2.05, 4.69) is 0 Å². The number of hydrogen-bond acceptors (Lipinski definition) is 3. The van der Waals surface area contributed by atoms with E-state index in [-0.39, 0.29) is 18.0 Å². The monoisotopic (exact) mass is 222 g/mol. The van der Waals surface area contributed by atoms with E-state index >= 15 is 0 Å². The summed E-state index contributed by atoms with van der Waals surface area (Å²) < 4.78 is 23.3. The smallest absolute Gasteiger partial charge is 0.313 e. The van der Waals surface area contributed by atoms with Crippen LogP contribution in [0.5, 0.6) is 0 Å². The van der Waals surface area contributed by atoms with Crippen LogP contribution in [0.25, 0.3) is 11.0 Å². The summed E-state index contributed by atoms with van der Waals surface area (Å²) in [5.41, 5.74) is 0.182. The van der Waals surface area contributed by atoms with Crippen molar-refractivity contribution in [2.75, 3.05) is 6.61 Å². The lowest BCUT2D eigenvalue weighted by Gasteiger charge is -1.97. The molecule has 0 aliphatic heterocycles. The van der Waals surface area contributed by atoms with Crippen LogP contribution in [0.15, 0.2) is 28.7 Å². The van der Waals surface area contributed by atoms with Gasteiger partial charge in [-0.2, -0.15) is 0 Å². The van der Waals surface area contributed by atoms with E-state index in [0.717, 1.165) is 0 Å². The number of carbonyl (C=O) groups is 1. The third kappa shape index (κ3) is 2.05. The van der Waals surface area contributed by atoms with E-state index in [1.165, 1.54) is 6.07 Å². The van der Waals surface area contributed by atoms with Crippen molar-refractivity contribution < 1.29 is 18.3 Å². The molecule has 0 amide bonds. The zero-order valence-corrected chi connectivity index (χ0v) is 8.83. The molecule has 2 rings (SSSR count). The molecule has 1 aromatic heterocycles. The van der Waals surface area contributed by atoms with Gasteiger partial charge in [0.2, 0.25) is 0 Å². The summed E-state index contributed by atoms with van der Waals surface area (Å²) in [4.78, 5) is 11.2. The normalized spacial score (nSPS) is 10.6. The second-order valence-electron chi connectivity index (χ2n) is 3.35. The molecule has 0 radical (unpaired) electrons. The van der Waals surface area contributed by atoms with Gasteiger partial charge in [0.05, 0.1) is 6.61 Å². The largest absolute Gasteiger partial charge is 0.466 e. The van der Waals surface area contributed by atoms with Crippen molar-refractivity contribution in [2.45, 2.75) is 13.3 Å². The second-order valence-corrected chi connectivity index (χ2v) is 3.35. The Balaban J connectivity index is 2.26. The Labute approximate surface area is 91.8 Å². The first kappa shape index (κ1) is 10.7. The Morgan fingerprint density at radius 1 is 1.50 bits per heavy atom. The Hall–Kier alpha value is -1.84. The molecule has 0 spiro atoms. The fourth-order valence-corrected chi connectivity index (χ4v) is 1.52. The van der Waals surface area contributed by atoms with Crippen LogP contribution in [-0.2, 0) is 16.0 Å². The van der Waals surface area contributed by atoms with Crippen molar-refractivity contribution in [1.29, 1.82) is 0 Å². The zero-order chi connectivity index (χ0) is 11.5. The van der Waals surface area contributed by atoms with Crippen LogP contribution in [0.4, 0.5) is 4.39 Å². The summed E-state index contributed by atoms with van der Waals surface area (Å²) in [6, 6.07) is 6.30. The highest BCUT2D eigenvalue weighted by molar-refractivity contribution is 5.80. The molecule has 0 fully saturated rings. The van der Waals surface area contributed by atoms with Gasteiger partial charge < -0.3 is 9.15 Å². The van der Waals surface area contributed by atoms with E-state index < -0.39 is 5.82 Å². The molecule has 3 nitrogen and oxygen atoms in total. The third-order valence-corrected chi connectivity index (χ3v) is 2.17. The molecule has 0 saturated carbocycles.